The van der Waals surface area contributed by atoms with Gasteiger partial charge in [-0.3, -0.25) is 5.32 Å². The molecule has 1 aromatic carbocycles. The number of carboxylic acids is 1. The first-order valence-corrected chi connectivity index (χ1v) is 8.13. The fraction of sp³-hybridized carbons (Fsp3) is 0.353. The van der Waals surface area contributed by atoms with Crippen LogP contribution in [0.5, 0.6) is 0 Å². The number of anilines is 1. The van der Waals surface area contributed by atoms with Crippen molar-refractivity contribution >= 4 is 17.9 Å². The van der Waals surface area contributed by atoms with Crippen LogP contribution in [-0.4, -0.2) is 32.9 Å². The van der Waals surface area contributed by atoms with Gasteiger partial charge in [-0.1, -0.05) is 30.3 Å². The number of ether oxygens (including phenoxy) is 1. The summed E-state index contributed by atoms with van der Waals surface area (Å²) in [6.07, 6.45) is -6.01. The summed E-state index contributed by atoms with van der Waals surface area (Å²) in [6.45, 7) is -0.187. The van der Waals surface area contributed by atoms with E-state index < -0.39 is 30.6 Å². The highest BCUT2D eigenvalue weighted by molar-refractivity contribution is 5.96. The summed E-state index contributed by atoms with van der Waals surface area (Å²) >= 11 is 0. The van der Waals surface area contributed by atoms with Crippen LogP contribution in [0.3, 0.4) is 0 Å². The van der Waals surface area contributed by atoms with E-state index in [4.69, 9.17) is 4.74 Å². The maximum atomic E-state index is 12.9. The molecular formula is C17H16F3N3O4. The Balaban J connectivity index is 1.75. The molecule has 1 aliphatic heterocycles. The minimum atomic E-state index is -4.39. The normalized spacial score (nSPS) is 16.5. The van der Waals surface area contributed by atoms with Gasteiger partial charge in [-0.15, -0.1) is 0 Å². The Hall–Kier alpha value is -3.04. The van der Waals surface area contributed by atoms with Gasteiger partial charge in [0.2, 0.25) is 0 Å². The molecule has 0 saturated heterocycles. The van der Waals surface area contributed by atoms with Gasteiger partial charge >= 0.3 is 18.2 Å². The standard InChI is InChI=1S/C17H16F3N3O4/c18-17(19,20)11-6-7-23-12(8-11)21-14(13(23)15(24)25)22-16(26)27-9-10-4-2-1-3-5-10/h1-5,11H,6-9H2,(H,22,26)(H,24,25). The van der Waals surface area contributed by atoms with Crippen LogP contribution in [0.4, 0.5) is 23.8 Å². The molecule has 1 aromatic heterocycles. The molecule has 1 unspecified atom stereocenters. The number of aromatic carboxylic acids is 1. The quantitative estimate of drug-likeness (QED) is 0.844. The first-order chi connectivity index (χ1) is 12.8. The topological polar surface area (TPSA) is 93.5 Å². The number of halogens is 3. The molecule has 2 N–H and O–H groups in total. The number of carbonyl (C=O) groups excluding carboxylic acids is 1. The zero-order valence-corrected chi connectivity index (χ0v) is 14.0. The number of carbonyl (C=O) groups is 2. The molecular weight excluding hydrogens is 367 g/mol. The highest BCUT2D eigenvalue weighted by Gasteiger charge is 2.43. The lowest BCUT2D eigenvalue weighted by Crippen LogP contribution is -2.32. The van der Waals surface area contributed by atoms with Crippen LogP contribution in [0.25, 0.3) is 0 Å². The van der Waals surface area contributed by atoms with Crippen molar-refractivity contribution in [1.29, 1.82) is 0 Å². The maximum absolute atomic E-state index is 12.9. The van der Waals surface area contributed by atoms with Crippen molar-refractivity contribution in [3.05, 3.63) is 47.4 Å². The predicted octanol–water partition coefficient (Wildman–Crippen LogP) is 3.45. The van der Waals surface area contributed by atoms with E-state index in [0.717, 1.165) is 5.56 Å². The lowest BCUT2D eigenvalue weighted by atomic mass is 9.97. The van der Waals surface area contributed by atoms with E-state index in [1.807, 2.05) is 0 Å². The average Bonchev–Trinajstić information content (AvgIpc) is 2.97. The second-order valence-corrected chi connectivity index (χ2v) is 6.10. The van der Waals surface area contributed by atoms with Crippen molar-refractivity contribution < 1.29 is 32.6 Å². The van der Waals surface area contributed by atoms with Crippen molar-refractivity contribution in [2.24, 2.45) is 5.92 Å². The Morgan fingerprint density at radius 2 is 2.00 bits per heavy atom. The minimum Gasteiger partial charge on any atom is -0.476 e. The fourth-order valence-corrected chi connectivity index (χ4v) is 2.94. The number of nitrogens with zero attached hydrogens (tertiary/aromatic N) is 2. The molecule has 0 spiro atoms. The lowest BCUT2D eigenvalue weighted by Gasteiger charge is -2.25. The van der Waals surface area contributed by atoms with E-state index in [2.05, 4.69) is 10.3 Å². The van der Waals surface area contributed by atoms with Gasteiger partial charge in [0.15, 0.2) is 11.5 Å². The number of amides is 1. The Bertz CT molecular complexity index is 849. The van der Waals surface area contributed by atoms with Crippen molar-refractivity contribution in [3.63, 3.8) is 0 Å². The van der Waals surface area contributed by atoms with E-state index in [1.54, 1.807) is 30.3 Å². The summed E-state index contributed by atoms with van der Waals surface area (Å²) in [4.78, 5) is 27.4. The molecule has 0 bridgehead atoms. The van der Waals surface area contributed by atoms with Crippen molar-refractivity contribution in [2.45, 2.75) is 32.2 Å². The largest absolute Gasteiger partial charge is 0.476 e. The number of benzene rings is 1. The Morgan fingerprint density at radius 3 is 2.63 bits per heavy atom. The summed E-state index contributed by atoms with van der Waals surface area (Å²) in [7, 11) is 0. The molecule has 1 amide bonds. The molecule has 1 aliphatic rings. The Morgan fingerprint density at radius 1 is 1.30 bits per heavy atom. The highest BCUT2D eigenvalue weighted by atomic mass is 19.4. The molecule has 10 heteroatoms. The number of fused-ring (bicyclic) bond motifs is 1. The van der Waals surface area contributed by atoms with Gasteiger partial charge in [0.25, 0.3) is 0 Å². The van der Waals surface area contributed by atoms with Crippen LogP contribution in [0.2, 0.25) is 0 Å². The third-order valence-corrected chi connectivity index (χ3v) is 4.28. The molecule has 3 rings (SSSR count). The molecule has 7 nitrogen and oxygen atoms in total. The van der Waals surface area contributed by atoms with E-state index in [0.29, 0.717) is 0 Å². The van der Waals surface area contributed by atoms with Gasteiger partial charge in [0.1, 0.15) is 12.4 Å². The van der Waals surface area contributed by atoms with E-state index in [9.17, 15) is 27.9 Å². The first-order valence-electron chi connectivity index (χ1n) is 8.13. The third kappa shape index (κ3) is 4.21. The van der Waals surface area contributed by atoms with E-state index >= 15 is 0 Å². The second-order valence-electron chi connectivity index (χ2n) is 6.10. The van der Waals surface area contributed by atoms with Gasteiger partial charge in [-0.25, -0.2) is 14.6 Å². The number of aromatic nitrogens is 2. The number of carboxylic acid groups (broad SMARTS) is 1. The van der Waals surface area contributed by atoms with Gasteiger partial charge in [-0.2, -0.15) is 13.2 Å². The van der Waals surface area contributed by atoms with Gasteiger partial charge < -0.3 is 14.4 Å². The highest BCUT2D eigenvalue weighted by Crippen LogP contribution is 2.36. The second kappa shape index (κ2) is 7.29. The lowest BCUT2D eigenvalue weighted by molar-refractivity contribution is -0.179. The summed E-state index contributed by atoms with van der Waals surface area (Å²) in [6, 6.07) is 8.80. The minimum absolute atomic E-state index is 0.0284. The van der Waals surface area contributed by atoms with Gasteiger partial charge in [0.05, 0.1) is 5.92 Å². The number of hydrogen-bond donors (Lipinski definition) is 2. The van der Waals surface area contributed by atoms with Crippen LogP contribution in [0.1, 0.15) is 28.3 Å². The SMILES string of the molecule is O=C(Nc1nc2n(c1C(=O)O)CCC(C(F)(F)F)C2)OCc1ccccc1. The molecule has 0 radical (unpaired) electrons. The summed E-state index contributed by atoms with van der Waals surface area (Å²) in [5.74, 6) is -3.33. The van der Waals surface area contributed by atoms with Crippen LogP contribution < -0.4 is 5.32 Å². The average molecular weight is 383 g/mol. The van der Waals surface area contributed by atoms with Crippen LogP contribution in [-0.2, 0) is 24.3 Å². The molecule has 2 aromatic rings. The smallest absolute Gasteiger partial charge is 0.413 e. The monoisotopic (exact) mass is 383 g/mol. The molecule has 0 fully saturated rings. The number of alkyl halides is 3. The van der Waals surface area contributed by atoms with Crippen molar-refractivity contribution in [3.8, 4) is 0 Å². The number of imidazole rings is 1. The molecule has 0 aliphatic carbocycles. The predicted molar refractivity (Wildman–Crippen MR) is 87.3 cm³/mol. The number of hydrogen-bond acceptors (Lipinski definition) is 4. The Labute approximate surface area is 151 Å². The Kier molecular flexibility index (Phi) is 5.06. The molecule has 0 saturated carbocycles. The number of nitrogens with one attached hydrogen (secondary N) is 1. The van der Waals surface area contributed by atoms with E-state index in [-0.39, 0.29) is 36.9 Å². The maximum Gasteiger partial charge on any atom is 0.413 e. The number of rotatable bonds is 4. The van der Waals surface area contributed by atoms with Crippen LogP contribution in [0, 0.1) is 5.92 Å². The summed E-state index contributed by atoms with van der Waals surface area (Å²) in [5.41, 5.74) is 0.366. The molecule has 2 heterocycles. The van der Waals surface area contributed by atoms with Crippen molar-refractivity contribution in [2.75, 3.05) is 5.32 Å². The molecule has 144 valence electrons. The van der Waals surface area contributed by atoms with Crippen molar-refractivity contribution in [1.82, 2.24) is 9.55 Å². The first kappa shape index (κ1) is 18.7. The summed E-state index contributed by atoms with van der Waals surface area (Å²) in [5, 5.41) is 11.6. The van der Waals surface area contributed by atoms with Gasteiger partial charge in [-0.05, 0) is 12.0 Å². The third-order valence-electron chi connectivity index (χ3n) is 4.28. The van der Waals surface area contributed by atoms with Gasteiger partial charge in [0, 0.05) is 13.0 Å². The zero-order chi connectivity index (χ0) is 19.6. The summed E-state index contributed by atoms with van der Waals surface area (Å²) < 4.78 is 45.0. The fourth-order valence-electron chi connectivity index (χ4n) is 2.94. The molecule has 1 atom stereocenters. The zero-order valence-electron chi connectivity index (χ0n) is 14.0. The van der Waals surface area contributed by atoms with Crippen LogP contribution >= 0.6 is 0 Å². The van der Waals surface area contributed by atoms with E-state index in [1.165, 1.54) is 4.57 Å². The van der Waals surface area contributed by atoms with Crippen LogP contribution in [0.15, 0.2) is 30.3 Å². The molecule has 27 heavy (non-hydrogen) atoms.